The van der Waals surface area contributed by atoms with Gasteiger partial charge in [0.15, 0.2) is 0 Å². The van der Waals surface area contributed by atoms with Crippen LogP contribution in [0.3, 0.4) is 0 Å². The van der Waals surface area contributed by atoms with Gasteiger partial charge in [0.1, 0.15) is 5.15 Å². The van der Waals surface area contributed by atoms with Crippen molar-refractivity contribution >= 4 is 17.5 Å². The lowest BCUT2D eigenvalue weighted by molar-refractivity contribution is 0.560. The number of hydrogen-bond donors (Lipinski definition) is 0. The third kappa shape index (κ3) is 3.63. The number of aryl methyl sites for hydroxylation is 1. The molecule has 0 fully saturated rings. The predicted molar refractivity (Wildman–Crippen MR) is 69.1 cm³/mol. The molecule has 3 nitrogen and oxygen atoms in total. The Kier molecular flexibility index (Phi) is 4.54. The summed E-state index contributed by atoms with van der Waals surface area (Å²) in [5.41, 5.74) is 0.907. The molecule has 0 amide bonds. The van der Waals surface area contributed by atoms with Crippen molar-refractivity contribution in [3.05, 3.63) is 16.9 Å². The first kappa shape index (κ1) is 13.2. The Bertz CT molecular complexity index is 330. The monoisotopic (exact) mass is 241 g/mol. The molecule has 0 atom stereocenters. The zero-order valence-electron chi connectivity index (χ0n) is 10.7. The molecule has 0 unspecified atom stereocenters. The smallest absolute Gasteiger partial charge is 0.227 e. The highest BCUT2D eigenvalue weighted by Gasteiger charge is 2.15. The summed E-state index contributed by atoms with van der Waals surface area (Å²) in [6.07, 6.45) is 0. The van der Waals surface area contributed by atoms with Gasteiger partial charge in [-0.05, 0) is 32.8 Å². The van der Waals surface area contributed by atoms with E-state index in [-0.39, 0.29) is 0 Å². The average molecular weight is 242 g/mol. The van der Waals surface area contributed by atoms with Crippen molar-refractivity contribution in [2.24, 2.45) is 5.92 Å². The van der Waals surface area contributed by atoms with Crippen LogP contribution in [0.25, 0.3) is 0 Å². The van der Waals surface area contributed by atoms with E-state index >= 15 is 0 Å². The summed E-state index contributed by atoms with van der Waals surface area (Å²) in [6.45, 7) is 11.5. The average Bonchev–Trinajstić information content (AvgIpc) is 2.11. The van der Waals surface area contributed by atoms with E-state index in [0.29, 0.717) is 17.1 Å². The van der Waals surface area contributed by atoms with Gasteiger partial charge in [-0.3, -0.25) is 0 Å². The maximum atomic E-state index is 5.96. The lowest BCUT2D eigenvalue weighted by Gasteiger charge is -2.28. The van der Waals surface area contributed by atoms with Crippen LogP contribution < -0.4 is 4.90 Å². The van der Waals surface area contributed by atoms with E-state index in [0.717, 1.165) is 18.2 Å². The molecule has 0 bridgehead atoms. The topological polar surface area (TPSA) is 29.0 Å². The highest BCUT2D eigenvalue weighted by molar-refractivity contribution is 6.29. The first-order valence-electron chi connectivity index (χ1n) is 5.68. The lowest BCUT2D eigenvalue weighted by Crippen LogP contribution is -2.35. The summed E-state index contributed by atoms with van der Waals surface area (Å²) in [5, 5.41) is 0.511. The van der Waals surface area contributed by atoms with Gasteiger partial charge in [0.25, 0.3) is 0 Å². The van der Waals surface area contributed by atoms with Gasteiger partial charge in [-0.25, -0.2) is 9.97 Å². The second-order valence-electron chi connectivity index (χ2n) is 4.77. The number of aromatic nitrogens is 2. The molecule has 1 aromatic heterocycles. The molecule has 0 aromatic carbocycles. The highest BCUT2D eigenvalue weighted by Crippen LogP contribution is 2.17. The maximum Gasteiger partial charge on any atom is 0.227 e. The van der Waals surface area contributed by atoms with E-state index in [1.54, 1.807) is 6.07 Å². The summed E-state index contributed by atoms with van der Waals surface area (Å²) in [7, 11) is 0. The van der Waals surface area contributed by atoms with Gasteiger partial charge in [0, 0.05) is 18.3 Å². The van der Waals surface area contributed by atoms with Gasteiger partial charge in [0.05, 0.1) is 0 Å². The quantitative estimate of drug-likeness (QED) is 0.758. The van der Waals surface area contributed by atoms with Crippen molar-refractivity contribution in [3.8, 4) is 0 Å². The Balaban J connectivity index is 3.00. The Morgan fingerprint density at radius 3 is 2.31 bits per heavy atom. The molecule has 0 aliphatic rings. The molecule has 90 valence electrons. The third-order valence-corrected chi connectivity index (χ3v) is 2.45. The maximum absolute atomic E-state index is 5.96. The standard InChI is InChI=1S/C12H20ClN3/c1-8(2)7-16(9(3)4)12-14-10(5)6-11(13)15-12/h6,8-9H,7H2,1-5H3. The minimum atomic E-state index is 0.375. The number of hydrogen-bond acceptors (Lipinski definition) is 3. The van der Waals surface area contributed by atoms with Crippen LogP contribution in [-0.2, 0) is 0 Å². The Morgan fingerprint density at radius 2 is 1.88 bits per heavy atom. The van der Waals surface area contributed by atoms with Crippen LogP contribution in [0.5, 0.6) is 0 Å². The van der Waals surface area contributed by atoms with E-state index in [2.05, 4.69) is 42.6 Å². The predicted octanol–water partition coefficient (Wildman–Crippen LogP) is 3.31. The van der Waals surface area contributed by atoms with Crippen molar-refractivity contribution in [3.63, 3.8) is 0 Å². The Hall–Kier alpha value is -0.830. The van der Waals surface area contributed by atoms with Gasteiger partial charge < -0.3 is 4.90 Å². The Morgan fingerprint density at radius 1 is 1.25 bits per heavy atom. The zero-order chi connectivity index (χ0) is 12.3. The molecule has 0 N–H and O–H groups in total. The summed E-state index contributed by atoms with van der Waals surface area (Å²) in [5.74, 6) is 1.30. The summed E-state index contributed by atoms with van der Waals surface area (Å²) < 4.78 is 0. The molecule has 1 heterocycles. The van der Waals surface area contributed by atoms with Crippen LogP contribution in [0.1, 0.15) is 33.4 Å². The van der Waals surface area contributed by atoms with Crippen molar-refractivity contribution < 1.29 is 0 Å². The van der Waals surface area contributed by atoms with Crippen LogP contribution in [0, 0.1) is 12.8 Å². The minimum absolute atomic E-state index is 0.375. The lowest BCUT2D eigenvalue weighted by atomic mass is 10.2. The van der Waals surface area contributed by atoms with Crippen molar-refractivity contribution in [1.82, 2.24) is 9.97 Å². The minimum Gasteiger partial charge on any atom is -0.338 e. The van der Waals surface area contributed by atoms with Crippen LogP contribution in [0.4, 0.5) is 5.95 Å². The molecule has 0 aliphatic heterocycles. The fourth-order valence-corrected chi connectivity index (χ4v) is 1.79. The first-order valence-corrected chi connectivity index (χ1v) is 6.05. The van der Waals surface area contributed by atoms with Crippen LogP contribution in [-0.4, -0.2) is 22.6 Å². The van der Waals surface area contributed by atoms with Gasteiger partial charge in [-0.1, -0.05) is 25.4 Å². The molecular weight excluding hydrogens is 222 g/mol. The van der Waals surface area contributed by atoms with E-state index in [1.807, 2.05) is 6.92 Å². The Labute approximate surface area is 103 Å². The third-order valence-electron chi connectivity index (χ3n) is 2.25. The first-order chi connectivity index (χ1) is 7.40. The molecule has 0 saturated carbocycles. The summed E-state index contributed by atoms with van der Waals surface area (Å²) in [4.78, 5) is 10.9. The number of halogens is 1. The SMILES string of the molecule is Cc1cc(Cl)nc(N(CC(C)C)C(C)C)n1. The van der Waals surface area contributed by atoms with Crippen LogP contribution >= 0.6 is 11.6 Å². The summed E-state index contributed by atoms with van der Waals surface area (Å²) in [6, 6.07) is 2.15. The van der Waals surface area contributed by atoms with Gasteiger partial charge in [-0.2, -0.15) is 0 Å². The van der Waals surface area contributed by atoms with E-state index in [4.69, 9.17) is 11.6 Å². The fourth-order valence-electron chi connectivity index (χ4n) is 1.56. The molecule has 16 heavy (non-hydrogen) atoms. The number of rotatable bonds is 4. The van der Waals surface area contributed by atoms with Gasteiger partial charge >= 0.3 is 0 Å². The van der Waals surface area contributed by atoms with Crippen molar-refractivity contribution in [2.45, 2.75) is 40.7 Å². The van der Waals surface area contributed by atoms with Crippen molar-refractivity contribution in [1.29, 1.82) is 0 Å². The molecule has 0 spiro atoms. The molecule has 0 aliphatic carbocycles. The zero-order valence-corrected chi connectivity index (χ0v) is 11.4. The largest absolute Gasteiger partial charge is 0.338 e. The van der Waals surface area contributed by atoms with Crippen LogP contribution in [0.2, 0.25) is 5.15 Å². The fraction of sp³-hybridized carbons (Fsp3) is 0.667. The van der Waals surface area contributed by atoms with Crippen molar-refractivity contribution in [2.75, 3.05) is 11.4 Å². The van der Waals surface area contributed by atoms with E-state index < -0.39 is 0 Å². The second-order valence-corrected chi connectivity index (χ2v) is 5.16. The molecule has 1 rings (SSSR count). The van der Waals surface area contributed by atoms with E-state index in [9.17, 15) is 0 Å². The van der Waals surface area contributed by atoms with Crippen LogP contribution in [0.15, 0.2) is 6.07 Å². The molecule has 0 saturated heterocycles. The molecular formula is C12H20ClN3. The molecule has 1 aromatic rings. The second kappa shape index (κ2) is 5.48. The van der Waals surface area contributed by atoms with E-state index in [1.165, 1.54) is 0 Å². The summed E-state index contributed by atoms with van der Waals surface area (Å²) >= 11 is 5.96. The highest BCUT2D eigenvalue weighted by atomic mass is 35.5. The molecule has 0 radical (unpaired) electrons. The molecule has 4 heteroatoms. The number of nitrogens with zero attached hydrogens (tertiary/aromatic N) is 3. The normalized spacial score (nSPS) is 11.2. The number of anilines is 1. The van der Waals surface area contributed by atoms with Gasteiger partial charge in [0.2, 0.25) is 5.95 Å². The van der Waals surface area contributed by atoms with Gasteiger partial charge in [-0.15, -0.1) is 0 Å².